The van der Waals surface area contributed by atoms with Crippen molar-refractivity contribution in [1.82, 2.24) is 20.7 Å². The van der Waals surface area contributed by atoms with Crippen LogP contribution in [-0.2, 0) is 32.7 Å². The zero-order valence-electron chi connectivity index (χ0n) is 26.8. The molecule has 2 aromatic heterocycles. The Hall–Kier alpha value is -1.92. The number of hydrazine groups is 1. The van der Waals surface area contributed by atoms with Crippen LogP contribution in [0.3, 0.4) is 0 Å². The molecule has 1 radical (unpaired) electrons. The fraction of sp³-hybridized carbons (Fsp3) is 0.581. The van der Waals surface area contributed by atoms with Crippen molar-refractivity contribution in [3.63, 3.8) is 0 Å². The van der Waals surface area contributed by atoms with Gasteiger partial charge in [0.2, 0.25) is 0 Å². The number of aliphatic hydroxyl groups excluding tert-OH is 1. The monoisotopic (exact) mass is 721 g/mol. The first-order valence-corrected chi connectivity index (χ1v) is 15.7. The Bertz CT molecular complexity index is 1310. The Morgan fingerprint density at radius 1 is 1.20 bits per heavy atom. The molecule has 3 fully saturated rings. The van der Waals surface area contributed by atoms with E-state index in [9.17, 15) is 18.7 Å². The van der Waals surface area contributed by atoms with Gasteiger partial charge in [-0.2, -0.15) is 14.1 Å². The number of anilines is 1. The first-order valence-electron chi connectivity index (χ1n) is 14.8. The van der Waals surface area contributed by atoms with Crippen LogP contribution in [0.15, 0.2) is 24.5 Å². The molecule has 245 valence electrons. The summed E-state index contributed by atoms with van der Waals surface area (Å²) in [5.74, 6) is 12.8. The van der Waals surface area contributed by atoms with Crippen LogP contribution < -0.4 is 26.2 Å². The quantitative estimate of drug-likeness (QED) is 0.126. The van der Waals surface area contributed by atoms with Crippen LogP contribution in [0, 0.1) is 23.2 Å². The Balaban J connectivity index is 0.00000111. The molecule has 2 aliphatic carbocycles. The maximum absolute atomic E-state index is 13.6. The summed E-state index contributed by atoms with van der Waals surface area (Å²) < 4.78 is 32.6. The van der Waals surface area contributed by atoms with Crippen LogP contribution in [-0.4, -0.2) is 72.1 Å². The number of pyridine rings is 2. The number of nitrogens with one attached hydrogen (secondary N) is 2. The van der Waals surface area contributed by atoms with Crippen molar-refractivity contribution in [1.29, 1.82) is 0 Å². The van der Waals surface area contributed by atoms with Crippen molar-refractivity contribution in [3.8, 4) is 28.7 Å². The Labute approximate surface area is 294 Å². The third kappa shape index (κ3) is 10.5. The number of nitrogens with two attached hydrogens (primary N) is 1. The van der Waals surface area contributed by atoms with Crippen LogP contribution in [0.4, 0.5) is 14.6 Å². The number of methoxy groups -OCH3 is 1. The van der Waals surface area contributed by atoms with Gasteiger partial charge < -0.3 is 25.4 Å². The Kier molecular flexibility index (Phi) is 16.1. The van der Waals surface area contributed by atoms with Gasteiger partial charge in [-0.15, -0.1) is 11.8 Å². The summed E-state index contributed by atoms with van der Waals surface area (Å²) in [5.41, 5.74) is 3.28. The summed E-state index contributed by atoms with van der Waals surface area (Å²) in [6, 6.07) is 2.98. The van der Waals surface area contributed by atoms with Crippen molar-refractivity contribution in [2.75, 3.05) is 39.2 Å². The summed E-state index contributed by atoms with van der Waals surface area (Å²) in [6.07, 6.45) is 3.36. The van der Waals surface area contributed by atoms with Gasteiger partial charge >= 0.3 is 0 Å². The van der Waals surface area contributed by atoms with E-state index in [-0.39, 0.29) is 66.3 Å². The van der Waals surface area contributed by atoms with E-state index in [0.717, 1.165) is 38.8 Å². The molecule has 2 aromatic rings. The van der Waals surface area contributed by atoms with E-state index in [1.807, 2.05) is 20.8 Å². The third-order valence-corrected chi connectivity index (χ3v) is 8.34. The number of hydrogen-bond acceptors (Lipinski definition) is 9. The molecular weight excluding hydrogens is 677 g/mol. The predicted octanol–water partition coefficient (Wildman–Crippen LogP) is 4.71. The number of carbonyl (C=O) groups excluding carboxylic acids is 1. The van der Waals surface area contributed by atoms with Gasteiger partial charge in [-0.05, 0) is 44.7 Å². The summed E-state index contributed by atoms with van der Waals surface area (Å²) >= 11 is 1.36. The molecule has 14 heteroatoms. The minimum atomic E-state index is -2.79. The molecule has 2 saturated carbocycles. The van der Waals surface area contributed by atoms with E-state index >= 15 is 0 Å². The van der Waals surface area contributed by atoms with E-state index in [1.165, 1.54) is 37.3 Å². The van der Waals surface area contributed by atoms with E-state index in [4.69, 9.17) is 10.6 Å². The van der Waals surface area contributed by atoms with Gasteiger partial charge in [0.25, 0.3) is 12.3 Å². The van der Waals surface area contributed by atoms with Crippen LogP contribution in [0.25, 0.3) is 16.4 Å². The number of aromatic nitrogens is 2. The first kappa shape index (κ1) is 39.3. The molecule has 3 heterocycles. The molecule has 1 aliphatic heterocycles. The van der Waals surface area contributed by atoms with Gasteiger partial charge in [-0.25, -0.2) is 19.2 Å². The smallest absolute Gasteiger partial charge is 0.280 e. The van der Waals surface area contributed by atoms with Gasteiger partial charge in [0.15, 0.2) is 0 Å². The molecule has 10 nitrogen and oxygen atoms in total. The number of halogens is 2. The second-order valence-electron chi connectivity index (χ2n) is 10.9. The van der Waals surface area contributed by atoms with Crippen molar-refractivity contribution >= 4 is 23.5 Å². The molecule has 5 rings (SSSR count). The molecule has 0 aromatic carbocycles. The number of alkyl halides is 2. The number of rotatable bonds is 9. The number of nitrogens with zero attached hydrogens (tertiary/aromatic N) is 4. The zero-order chi connectivity index (χ0) is 32.4. The molecule has 0 bridgehead atoms. The average molecular weight is 722 g/mol. The van der Waals surface area contributed by atoms with Crippen LogP contribution in [0.2, 0.25) is 0 Å². The fourth-order valence-electron chi connectivity index (χ4n) is 5.13. The van der Waals surface area contributed by atoms with E-state index < -0.39 is 18.0 Å². The van der Waals surface area contributed by atoms with Crippen molar-refractivity contribution in [2.45, 2.75) is 69.7 Å². The molecule has 5 N–H and O–H groups in total. The Morgan fingerprint density at radius 3 is 2.38 bits per heavy atom. The second kappa shape index (κ2) is 18.4. The number of amides is 1. The number of carbonyl (C=O) groups is 1. The minimum Gasteiger partial charge on any atom is -0.668 e. The standard InChI is InChI=1S/C27H32F2N6O3S.C2H6N.C2H6.Y/c1-15(39-24(34-30)6-5-16-3-4-16)33-26(37)20-11-32-23(35-13-27(14-35)9-17(36)10-27)8-18(20)19-7-21(25(28)29)31-12-22(19)38-2;1-3-2;1-2;/h7-8,11-12,15-17,24-25,34,36H,3-4,9-10,13-14,30H2,1-2H3,(H,33,37);1-2H3;1-2H3;/q;-1;;. The predicted molar refractivity (Wildman–Crippen MR) is 172 cm³/mol. The van der Waals surface area contributed by atoms with E-state index in [1.54, 1.807) is 20.2 Å². The molecule has 1 saturated heterocycles. The summed E-state index contributed by atoms with van der Waals surface area (Å²) in [7, 11) is 4.92. The number of thioether (sulfide) groups is 1. The fourth-order valence-corrected chi connectivity index (χ4v) is 5.93. The maximum atomic E-state index is 13.6. The van der Waals surface area contributed by atoms with Gasteiger partial charge in [-0.1, -0.05) is 25.7 Å². The van der Waals surface area contributed by atoms with Crippen molar-refractivity contribution < 1.29 is 56.1 Å². The van der Waals surface area contributed by atoms with E-state index in [0.29, 0.717) is 22.9 Å². The SMILES string of the molecule is CC.COc1cnc(C(F)F)cc1-c1cc(N2CC3(CC(O)C3)C2)ncc1C(=O)NC(C)SC(C#CC1CC1)NN.C[N-]C.[Y]. The third-order valence-electron chi connectivity index (χ3n) is 7.29. The molecule has 2 atom stereocenters. The van der Waals surface area contributed by atoms with Crippen LogP contribution >= 0.6 is 11.8 Å². The first-order chi connectivity index (χ1) is 21.1. The summed E-state index contributed by atoms with van der Waals surface area (Å²) in [6.45, 7) is 7.29. The van der Waals surface area contributed by atoms with Crippen molar-refractivity contribution in [2.24, 2.45) is 17.2 Å². The zero-order valence-corrected chi connectivity index (χ0v) is 30.5. The molecule has 2 unspecified atom stereocenters. The summed E-state index contributed by atoms with van der Waals surface area (Å²) in [5, 5.41) is 15.5. The molecule has 3 aliphatic rings. The number of aliphatic hydroxyl groups is 1. The average Bonchev–Trinajstić information content (AvgIpc) is 3.81. The minimum absolute atomic E-state index is 0. The summed E-state index contributed by atoms with van der Waals surface area (Å²) in [4.78, 5) is 23.9. The topological polar surface area (TPSA) is 140 Å². The second-order valence-corrected chi connectivity index (χ2v) is 12.4. The van der Waals surface area contributed by atoms with Crippen LogP contribution in [0.1, 0.15) is 68.9 Å². The number of ether oxygens (including phenoxy) is 1. The molecular formula is C31H44F2N7O3SY-. The molecule has 1 spiro atoms. The molecule has 45 heavy (non-hydrogen) atoms. The number of hydrogen-bond donors (Lipinski definition) is 4. The largest absolute Gasteiger partial charge is 0.668 e. The van der Waals surface area contributed by atoms with Gasteiger partial charge in [0.05, 0.1) is 30.3 Å². The normalized spacial score (nSPS) is 17.4. The van der Waals surface area contributed by atoms with Gasteiger partial charge in [-0.3, -0.25) is 15.6 Å². The van der Waals surface area contributed by atoms with Gasteiger partial charge in [0.1, 0.15) is 22.6 Å². The van der Waals surface area contributed by atoms with Gasteiger partial charge in [0, 0.05) is 74.5 Å². The van der Waals surface area contributed by atoms with E-state index in [2.05, 4.69) is 42.8 Å². The Morgan fingerprint density at radius 2 is 1.84 bits per heavy atom. The molecule has 1 amide bonds. The van der Waals surface area contributed by atoms with Crippen LogP contribution in [0.5, 0.6) is 5.75 Å². The maximum Gasteiger partial charge on any atom is 0.280 e. The van der Waals surface area contributed by atoms with Crippen molar-refractivity contribution in [3.05, 3.63) is 41.1 Å².